The van der Waals surface area contributed by atoms with Crippen LogP contribution in [0.15, 0.2) is 187 Å². The Labute approximate surface area is 363 Å². The minimum atomic E-state index is -0.210. The van der Waals surface area contributed by atoms with E-state index in [-0.39, 0.29) is 17.0 Å². The molecule has 0 aliphatic carbocycles. The fraction of sp³-hybridized carbons (Fsp3) is 0.127. The van der Waals surface area contributed by atoms with Gasteiger partial charge in [-0.2, -0.15) is 0 Å². The number of para-hydroxylation sites is 5. The summed E-state index contributed by atoms with van der Waals surface area (Å²) in [7, 11) is 0. The van der Waals surface area contributed by atoms with Gasteiger partial charge in [0.25, 0.3) is 6.71 Å². The maximum absolute atomic E-state index is 2.57. The van der Waals surface area contributed by atoms with Gasteiger partial charge in [0.1, 0.15) is 0 Å². The molecule has 8 aromatic rings. The molecule has 294 valence electrons. The topological polar surface area (TPSA) is 13.0 Å². The first-order valence-corrected chi connectivity index (χ1v) is 22.2. The number of benzene rings is 8. The van der Waals surface area contributed by atoms with E-state index in [1.54, 1.807) is 0 Å². The maximum Gasteiger partial charge on any atom is 0.252 e. The van der Waals surface area contributed by atoms with Gasteiger partial charge in [0.2, 0.25) is 0 Å². The molecule has 12 rings (SSSR count). The third-order valence-electron chi connectivity index (χ3n) is 13.4. The second kappa shape index (κ2) is 13.2. The van der Waals surface area contributed by atoms with Crippen LogP contribution in [-0.4, -0.2) is 11.6 Å². The van der Waals surface area contributed by atoms with Crippen LogP contribution in [0.2, 0.25) is 0 Å². The molecule has 0 amide bonds. The van der Waals surface area contributed by atoms with Crippen molar-refractivity contribution >= 4 is 97.4 Å². The lowest BCUT2D eigenvalue weighted by Crippen LogP contribution is -2.61. The van der Waals surface area contributed by atoms with Crippen molar-refractivity contribution in [2.24, 2.45) is 0 Å². The van der Waals surface area contributed by atoms with Gasteiger partial charge < -0.3 is 19.6 Å². The predicted molar refractivity (Wildman–Crippen MR) is 261 cm³/mol. The van der Waals surface area contributed by atoms with E-state index in [4.69, 9.17) is 0 Å². The minimum absolute atomic E-state index is 0.00391. The van der Waals surface area contributed by atoms with Crippen molar-refractivity contribution in [1.82, 2.24) is 0 Å². The van der Waals surface area contributed by atoms with Crippen molar-refractivity contribution in [2.75, 3.05) is 19.6 Å². The third kappa shape index (κ3) is 5.21. The zero-order valence-corrected chi connectivity index (χ0v) is 35.9. The summed E-state index contributed by atoms with van der Waals surface area (Å²) >= 11 is 1.98. The van der Waals surface area contributed by atoms with Crippen molar-refractivity contribution in [3.8, 4) is 0 Å². The van der Waals surface area contributed by atoms with Crippen molar-refractivity contribution in [3.63, 3.8) is 0 Å². The molecular formula is C55H45BN4S. The molecule has 61 heavy (non-hydrogen) atoms. The van der Waals surface area contributed by atoms with Gasteiger partial charge in [0, 0.05) is 45.2 Å². The van der Waals surface area contributed by atoms with Gasteiger partial charge in [-0.05, 0) is 133 Å². The molecule has 4 aliphatic heterocycles. The number of hydrogen-bond donors (Lipinski definition) is 0. The summed E-state index contributed by atoms with van der Waals surface area (Å²) in [5, 5.41) is 0. The molecule has 0 bridgehead atoms. The minimum Gasteiger partial charge on any atom is -0.325 e. The lowest BCUT2D eigenvalue weighted by Gasteiger charge is -2.45. The highest BCUT2D eigenvalue weighted by atomic mass is 32.2. The molecule has 0 saturated heterocycles. The highest BCUT2D eigenvalue weighted by molar-refractivity contribution is 8.01. The van der Waals surface area contributed by atoms with Gasteiger partial charge in [0.05, 0.1) is 32.5 Å². The fourth-order valence-corrected chi connectivity index (χ4v) is 12.2. The number of rotatable bonds is 4. The average molecular weight is 805 g/mol. The van der Waals surface area contributed by atoms with Crippen LogP contribution in [0, 0.1) is 6.92 Å². The number of nitrogens with zero attached hydrogens (tertiary/aromatic N) is 4. The zero-order valence-electron chi connectivity index (χ0n) is 35.1. The van der Waals surface area contributed by atoms with Crippen molar-refractivity contribution in [3.05, 3.63) is 199 Å². The van der Waals surface area contributed by atoms with Gasteiger partial charge in [-0.15, -0.1) is 0 Å². The standard InChI is InChI=1S/C55H45BN4S/c1-36-33-49-51-50(34-36)59(38-21-11-7-12-22-38)52-44(31-32-47-53(52)61-55(4,5)60(47)39-23-13-8-14-24-39)56(51)43-30-29-40(35-48(43)57(49)37-19-9-6-10-20-37)58-45-27-17-15-25-41(45)54(2,3)42-26-16-18-28-46(42)58/h6-35H,1-5H3. The predicted octanol–water partition coefficient (Wildman–Crippen LogP) is 13.2. The van der Waals surface area contributed by atoms with E-state index in [1.807, 2.05) is 11.8 Å². The molecule has 4 nitrogen and oxygen atoms in total. The Kier molecular flexibility index (Phi) is 7.83. The summed E-state index contributed by atoms with van der Waals surface area (Å²) in [5.74, 6) is 0. The Bertz CT molecular complexity index is 3010. The molecule has 6 heteroatoms. The molecule has 4 heterocycles. The van der Waals surface area contributed by atoms with Crippen molar-refractivity contribution < 1.29 is 0 Å². The Morgan fingerprint density at radius 1 is 0.426 bits per heavy atom. The second-order valence-electron chi connectivity index (χ2n) is 17.8. The van der Waals surface area contributed by atoms with Gasteiger partial charge in [0.15, 0.2) is 0 Å². The molecule has 0 saturated carbocycles. The van der Waals surface area contributed by atoms with Crippen LogP contribution in [0.4, 0.5) is 62.6 Å². The SMILES string of the molecule is Cc1cc2c3c(c1)N(c1ccccc1)c1c(ccc4c1SC(C)(C)N4c1ccccc1)B3c1ccc(N3c4ccccc4C(C)(C)c4ccccc43)cc1N2c1ccccc1. The van der Waals surface area contributed by atoms with Gasteiger partial charge in [-0.25, -0.2) is 0 Å². The lowest BCUT2D eigenvalue weighted by molar-refractivity contribution is 0.632. The lowest BCUT2D eigenvalue weighted by atomic mass is 9.33. The number of aryl methyl sites for hydroxylation is 1. The smallest absolute Gasteiger partial charge is 0.252 e. The first-order chi connectivity index (χ1) is 29.7. The quantitative estimate of drug-likeness (QED) is 0.164. The molecule has 0 atom stereocenters. The van der Waals surface area contributed by atoms with E-state index in [1.165, 1.54) is 83.5 Å². The van der Waals surface area contributed by atoms with Crippen molar-refractivity contribution in [1.29, 1.82) is 0 Å². The van der Waals surface area contributed by atoms with Crippen LogP contribution in [0.3, 0.4) is 0 Å². The van der Waals surface area contributed by atoms with E-state index < -0.39 is 0 Å². The van der Waals surface area contributed by atoms with Crippen LogP contribution in [0.25, 0.3) is 0 Å². The zero-order chi connectivity index (χ0) is 41.2. The number of hydrogen-bond acceptors (Lipinski definition) is 5. The van der Waals surface area contributed by atoms with Gasteiger partial charge in [-0.3, -0.25) is 0 Å². The molecule has 8 aromatic carbocycles. The Hall–Kier alpha value is -6.63. The summed E-state index contributed by atoms with van der Waals surface area (Å²) in [6.45, 7) is 11.7. The van der Waals surface area contributed by atoms with Crippen LogP contribution < -0.4 is 36.0 Å². The van der Waals surface area contributed by atoms with E-state index in [0.29, 0.717) is 0 Å². The first kappa shape index (κ1) is 36.2. The summed E-state index contributed by atoms with van der Waals surface area (Å²) in [6, 6.07) is 67.7. The highest BCUT2D eigenvalue weighted by Gasteiger charge is 2.48. The fourth-order valence-electron chi connectivity index (χ4n) is 10.8. The monoisotopic (exact) mass is 804 g/mol. The molecule has 4 aliphatic rings. The third-order valence-corrected chi connectivity index (χ3v) is 14.7. The van der Waals surface area contributed by atoms with E-state index in [0.717, 1.165) is 17.1 Å². The Balaban J connectivity index is 1.15. The largest absolute Gasteiger partial charge is 0.325 e. The summed E-state index contributed by atoms with van der Waals surface area (Å²) in [6.07, 6.45) is 0. The normalized spacial score (nSPS) is 16.0. The van der Waals surface area contributed by atoms with E-state index in [2.05, 4.69) is 236 Å². The molecule has 0 fully saturated rings. The van der Waals surface area contributed by atoms with Crippen LogP contribution in [0.5, 0.6) is 0 Å². The Morgan fingerprint density at radius 3 is 1.56 bits per heavy atom. The van der Waals surface area contributed by atoms with Crippen molar-refractivity contribution in [2.45, 2.75) is 49.8 Å². The molecule has 0 N–H and O–H groups in total. The highest BCUT2D eigenvalue weighted by Crippen LogP contribution is 2.59. The average Bonchev–Trinajstić information content (AvgIpc) is 3.57. The van der Waals surface area contributed by atoms with E-state index >= 15 is 0 Å². The second-order valence-corrected chi connectivity index (χ2v) is 19.4. The van der Waals surface area contributed by atoms with Gasteiger partial charge >= 0.3 is 0 Å². The van der Waals surface area contributed by atoms with Crippen LogP contribution in [-0.2, 0) is 5.41 Å². The number of thioether (sulfide) groups is 1. The summed E-state index contributed by atoms with van der Waals surface area (Å²) < 4.78 is 0. The molecule has 0 radical (unpaired) electrons. The Morgan fingerprint density at radius 2 is 0.934 bits per heavy atom. The molecule has 0 spiro atoms. The molecule has 0 unspecified atom stereocenters. The molecule has 0 aromatic heterocycles. The van der Waals surface area contributed by atoms with Crippen LogP contribution >= 0.6 is 11.8 Å². The summed E-state index contributed by atoms with van der Waals surface area (Å²) in [4.78, 5) is 11.2. The van der Waals surface area contributed by atoms with Crippen LogP contribution in [0.1, 0.15) is 44.4 Å². The maximum atomic E-state index is 2.57. The number of anilines is 11. The van der Waals surface area contributed by atoms with Gasteiger partial charge in [-0.1, -0.05) is 129 Å². The van der Waals surface area contributed by atoms with E-state index in [9.17, 15) is 0 Å². The summed E-state index contributed by atoms with van der Waals surface area (Å²) in [5.41, 5.74) is 21.0. The first-order valence-electron chi connectivity index (χ1n) is 21.4. The number of fused-ring (bicyclic) bond motifs is 8. The molecular weight excluding hydrogens is 760 g/mol.